The number of carbonyl (C=O) groups is 3. The van der Waals surface area contributed by atoms with E-state index in [1.54, 1.807) is 0 Å². The smallest absolute Gasteiger partial charge is 0.470 e. The van der Waals surface area contributed by atoms with Gasteiger partial charge in [-0.05, 0) is 48.6 Å². The zero-order chi connectivity index (χ0) is 26.3. The van der Waals surface area contributed by atoms with E-state index in [1.807, 2.05) is 13.8 Å². The molecule has 0 spiro atoms. The van der Waals surface area contributed by atoms with Crippen LogP contribution in [0.5, 0.6) is 5.75 Å². The van der Waals surface area contributed by atoms with Crippen molar-refractivity contribution >= 4 is 28.3 Å². The van der Waals surface area contributed by atoms with E-state index in [0.29, 0.717) is 17.9 Å². The highest BCUT2D eigenvalue weighted by Gasteiger charge is 2.49. The van der Waals surface area contributed by atoms with Gasteiger partial charge < -0.3 is 19.9 Å². The van der Waals surface area contributed by atoms with Crippen molar-refractivity contribution in [2.75, 3.05) is 6.54 Å². The van der Waals surface area contributed by atoms with Crippen molar-refractivity contribution in [3.8, 4) is 5.75 Å². The molecule has 0 aliphatic carbocycles. The Hall–Kier alpha value is -2.86. The molecule has 12 heteroatoms. The number of carbonyl (C=O) groups excluding carboxylic acids is 2. The quantitative estimate of drug-likeness (QED) is 0.512. The Morgan fingerprint density at radius 1 is 1.17 bits per heavy atom. The van der Waals surface area contributed by atoms with E-state index in [0.717, 1.165) is 6.42 Å². The summed E-state index contributed by atoms with van der Waals surface area (Å²) in [6.07, 6.45) is 1.58. The molecule has 35 heavy (non-hydrogen) atoms. The Kier molecular flexibility index (Phi) is 7.11. The number of nitrogens with two attached hydrogens (primary N) is 1. The number of hydrogen-bond donors (Lipinski definition) is 2. The minimum Gasteiger partial charge on any atom is -0.478 e. The molecule has 2 atom stereocenters. The molecule has 2 aliphatic heterocycles. The highest BCUT2D eigenvalue weighted by atomic mass is 32.3. The highest BCUT2D eigenvalue weighted by Crippen LogP contribution is 2.39. The molecule has 194 valence electrons. The molecule has 0 unspecified atom stereocenters. The van der Waals surface area contributed by atoms with Crippen molar-refractivity contribution in [3.63, 3.8) is 0 Å². The number of hydrogen-bond acceptors (Lipinski definition) is 7. The van der Waals surface area contributed by atoms with Gasteiger partial charge in [0.15, 0.2) is 0 Å². The lowest BCUT2D eigenvalue weighted by atomic mass is 9.72. The average Bonchev–Trinajstić information content (AvgIpc) is 2.90. The number of rotatable bonds is 9. The second-order valence-electron chi connectivity index (χ2n) is 11.1. The number of primary amides is 1. The van der Waals surface area contributed by atoms with Crippen LogP contribution in [-0.2, 0) is 25.9 Å². The van der Waals surface area contributed by atoms with Crippen LogP contribution in [0.1, 0.15) is 69.8 Å². The number of amides is 3. The first-order valence-electron chi connectivity index (χ1n) is 11.4. The number of hydroxylamine groups is 2. The molecule has 2 saturated heterocycles. The summed E-state index contributed by atoms with van der Waals surface area (Å²) in [7, 11) is -4.81. The van der Waals surface area contributed by atoms with E-state index in [1.165, 1.54) is 23.1 Å². The fourth-order valence-corrected chi connectivity index (χ4v) is 6.04. The van der Waals surface area contributed by atoms with Gasteiger partial charge in [0, 0.05) is 12.1 Å². The molecule has 3 amide bonds. The first-order valence-corrected chi connectivity index (χ1v) is 12.7. The van der Waals surface area contributed by atoms with Crippen molar-refractivity contribution < 1.29 is 36.4 Å². The number of piperidine rings is 1. The molecule has 2 fully saturated rings. The van der Waals surface area contributed by atoms with Gasteiger partial charge in [-0.1, -0.05) is 40.7 Å². The molecule has 1 aromatic rings. The normalized spacial score (nSPS) is 20.8. The molecule has 3 rings (SSSR count). The van der Waals surface area contributed by atoms with Crippen molar-refractivity contribution in [1.29, 1.82) is 0 Å². The third kappa shape index (κ3) is 6.23. The number of aromatic carboxylic acids is 1. The number of carboxylic acid groups (broad SMARTS) is 1. The molecule has 2 aliphatic rings. The molecule has 11 nitrogen and oxygen atoms in total. The van der Waals surface area contributed by atoms with Crippen LogP contribution in [0, 0.1) is 10.8 Å². The molecule has 0 saturated carbocycles. The van der Waals surface area contributed by atoms with Gasteiger partial charge in [-0.25, -0.2) is 9.59 Å². The van der Waals surface area contributed by atoms with Crippen LogP contribution in [0.2, 0.25) is 0 Å². The van der Waals surface area contributed by atoms with Crippen molar-refractivity contribution in [2.24, 2.45) is 16.6 Å². The SMILES string of the molecule is CC(C)(C)CC(C)(C)Cc1c(OS(=O)(=O)ON2C(=O)N3C[C@H]2CC[C@H]3C(N)=O)cccc1C(=O)O. The maximum Gasteiger partial charge on any atom is 0.470 e. The number of carboxylic acids is 1. The van der Waals surface area contributed by atoms with Crippen molar-refractivity contribution in [2.45, 2.75) is 72.4 Å². The molecular formula is C23H33N3O8S. The largest absolute Gasteiger partial charge is 0.478 e. The van der Waals surface area contributed by atoms with Gasteiger partial charge in [0.2, 0.25) is 5.91 Å². The van der Waals surface area contributed by atoms with Crippen molar-refractivity contribution in [3.05, 3.63) is 29.3 Å². The predicted molar refractivity (Wildman–Crippen MR) is 126 cm³/mol. The van der Waals surface area contributed by atoms with Crippen LogP contribution in [0.4, 0.5) is 4.79 Å². The van der Waals surface area contributed by atoms with Crippen LogP contribution >= 0.6 is 0 Å². The summed E-state index contributed by atoms with van der Waals surface area (Å²) in [6, 6.07) is 1.90. The lowest BCUT2D eigenvalue weighted by Gasteiger charge is -2.33. The molecular weight excluding hydrogens is 478 g/mol. The summed E-state index contributed by atoms with van der Waals surface area (Å²) >= 11 is 0. The Balaban J connectivity index is 1.87. The molecule has 0 aromatic heterocycles. The molecule has 3 N–H and O–H groups in total. The fourth-order valence-electron chi connectivity index (χ4n) is 5.25. The Morgan fingerprint density at radius 2 is 1.83 bits per heavy atom. The summed E-state index contributed by atoms with van der Waals surface area (Å²) in [6.45, 7) is 10.2. The Labute approximate surface area is 205 Å². The standard InChI is InChI=1S/C23H33N3O8S/c1-22(2,3)13-23(4,5)11-16-15(20(28)29)7-6-8-18(16)33-35(31,32)34-26-14-9-10-17(19(24)27)25(12-14)21(26)30/h6-8,14,17H,9-13H2,1-5H3,(H2,24,27)(H,28,29)/t14-,17+/m1/s1. The van der Waals surface area contributed by atoms with Gasteiger partial charge >= 0.3 is 22.4 Å². The van der Waals surface area contributed by atoms with Crippen LogP contribution < -0.4 is 9.92 Å². The maximum absolute atomic E-state index is 12.8. The van der Waals surface area contributed by atoms with Gasteiger partial charge in [0.25, 0.3) is 0 Å². The van der Waals surface area contributed by atoms with Crippen LogP contribution in [0.25, 0.3) is 0 Å². The summed E-state index contributed by atoms with van der Waals surface area (Å²) in [4.78, 5) is 37.4. The fraction of sp³-hybridized carbons (Fsp3) is 0.609. The lowest BCUT2D eigenvalue weighted by Crippen LogP contribution is -2.47. The predicted octanol–water partition coefficient (Wildman–Crippen LogP) is 2.70. The van der Waals surface area contributed by atoms with E-state index < -0.39 is 40.4 Å². The molecule has 0 radical (unpaired) electrons. The maximum atomic E-state index is 12.8. The number of nitrogens with zero attached hydrogens (tertiary/aromatic N) is 2. The lowest BCUT2D eigenvalue weighted by molar-refractivity contribution is -0.122. The minimum absolute atomic E-state index is 0.0517. The monoisotopic (exact) mass is 511 g/mol. The van der Waals surface area contributed by atoms with E-state index in [9.17, 15) is 27.9 Å². The van der Waals surface area contributed by atoms with Gasteiger partial charge in [-0.2, -0.15) is 13.5 Å². The summed E-state index contributed by atoms with van der Waals surface area (Å²) < 4.78 is 35.9. The third-order valence-electron chi connectivity index (χ3n) is 6.04. The summed E-state index contributed by atoms with van der Waals surface area (Å²) in [5.41, 5.74) is 5.05. The Morgan fingerprint density at radius 3 is 2.40 bits per heavy atom. The second kappa shape index (κ2) is 9.30. The summed E-state index contributed by atoms with van der Waals surface area (Å²) in [5.74, 6) is -2.08. The number of benzene rings is 1. The second-order valence-corrected chi connectivity index (χ2v) is 12.3. The van der Waals surface area contributed by atoms with E-state index >= 15 is 0 Å². The zero-order valence-corrected chi connectivity index (χ0v) is 21.4. The highest BCUT2D eigenvalue weighted by molar-refractivity contribution is 7.82. The summed E-state index contributed by atoms with van der Waals surface area (Å²) in [5, 5.41) is 10.4. The van der Waals surface area contributed by atoms with Gasteiger partial charge in [0.05, 0.1) is 11.6 Å². The first kappa shape index (κ1) is 26.7. The van der Waals surface area contributed by atoms with Gasteiger partial charge in [-0.3, -0.25) is 4.79 Å². The van der Waals surface area contributed by atoms with E-state index in [4.69, 9.17) is 14.2 Å². The van der Waals surface area contributed by atoms with Crippen molar-refractivity contribution in [1.82, 2.24) is 9.96 Å². The Bertz CT molecular complexity index is 1130. The third-order valence-corrected chi connectivity index (χ3v) is 6.77. The van der Waals surface area contributed by atoms with E-state index in [2.05, 4.69) is 20.8 Å². The number of urea groups is 1. The minimum atomic E-state index is -4.81. The van der Waals surface area contributed by atoms with Crippen LogP contribution in [-0.4, -0.2) is 60.0 Å². The molecule has 1 aromatic carbocycles. The molecule has 2 bridgehead atoms. The van der Waals surface area contributed by atoms with Crippen LogP contribution in [0.3, 0.4) is 0 Å². The van der Waals surface area contributed by atoms with Gasteiger partial charge in [-0.15, -0.1) is 4.28 Å². The zero-order valence-electron chi connectivity index (χ0n) is 20.6. The first-order chi connectivity index (χ1) is 16.0. The van der Waals surface area contributed by atoms with E-state index in [-0.39, 0.29) is 40.7 Å². The number of fused-ring (bicyclic) bond motifs is 2. The van der Waals surface area contributed by atoms with Gasteiger partial charge in [0.1, 0.15) is 11.8 Å². The van der Waals surface area contributed by atoms with Crippen LogP contribution in [0.15, 0.2) is 18.2 Å². The molecule has 2 heterocycles. The average molecular weight is 512 g/mol. The topological polar surface area (TPSA) is 157 Å².